The molecule has 0 N–H and O–H groups in total. The van der Waals surface area contributed by atoms with Crippen LogP contribution in [-0.4, -0.2) is 36.2 Å². The topological polar surface area (TPSA) is 3.24 Å². The van der Waals surface area contributed by atoms with Gasteiger partial charge in [0.1, 0.15) is 0 Å². The van der Waals surface area contributed by atoms with Crippen LogP contribution in [0.25, 0.3) is 0 Å². The molecule has 1 rings (SSSR count). The smallest absolute Gasteiger partial charge is 0.272 e. The Balaban J connectivity index is 2.03. The minimum Gasteiger partial charge on any atom is -0.291 e. The second kappa shape index (κ2) is 3.05. The molecule has 1 fully saturated rings. The van der Waals surface area contributed by atoms with Gasteiger partial charge in [0.15, 0.2) is 0 Å². The van der Waals surface area contributed by atoms with Crippen LogP contribution >= 0.6 is 12.6 Å². The summed E-state index contributed by atoms with van der Waals surface area (Å²) >= 11 is 3.99. The van der Waals surface area contributed by atoms with Crippen LogP contribution in [0.2, 0.25) is 0 Å². The molecule has 10 heavy (non-hydrogen) atoms. The van der Waals surface area contributed by atoms with Gasteiger partial charge in [0.2, 0.25) is 0 Å². The van der Waals surface area contributed by atoms with E-state index in [2.05, 4.69) is 12.6 Å². The van der Waals surface area contributed by atoms with E-state index in [4.69, 9.17) is 0 Å². The summed E-state index contributed by atoms with van der Waals surface area (Å²) in [6, 6.07) is 0. The minimum absolute atomic E-state index is 0.0548. The highest BCUT2D eigenvalue weighted by Crippen LogP contribution is 2.26. The van der Waals surface area contributed by atoms with E-state index in [9.17, 15) is 8.78 Å². The Hall–Kier alpha value is 0.170. The maximum absolute atomic E-state index is 12.2. The van der Waals surface area contributed by atoms with Crippen LogP contribution in [0.3, 0.4) is 0 Å². The summed E-state index contributed by atoms with van der Waals surface area (Å²) in [6.07, 6.45) is 0.902. The van der Waals surface area contributed by atoms with Crippen molar-refractivity contribution in [2.24, 2.45) is 0 Å². The van der Waals surface area contributed by atoms with Crippen molar-refractivity contribution < 1.29 is 8.78 Å². The second-order valence-electron chi connectivity index (χ2n) is 2.64. The van der Waals surface area contributed by atoms with Crippen molar-refractivity contribution >= 4 is 12.6 Å². The molecule has 1 aliphatic rings. The van der Waals surface area contributed by atoms with Crippen molar-refractivity contribution in [1.82, 2.24) is 4.90 Å². The lowest BCUT2D eigenvalue weighted by Crippen LogP contribution is -2.56. The molecule has 0 aromatic heterocycles. The molecule has 1 saturated heterocycles. The Morgan fingerprint density at radius 1 is 1.40 bits per heavy atom. The zero-order valence-corrected chi connectivity index (χ0v) is 6.58. The Morgan fingerprint density at radius 3 is 2.40 bits per heavy atom. The van der Waals surface area contributed by atoms with Crippen molar-refractivity contribution in [3.05, 3.63) is 0 Å². The lowest BCUT2D eigenvalue weighted by atomic mass is 10.1. The normalized spacial score (nSPS) is 24.3. The number of likely N-dealkylation sites (tertiary alicyclic amines) is 1. The summed E-state index contributed by atoms with van der Waals surface area (Å²) < 4.78 is 24.3. The summed E-state index contributed by atoms with van der Waals surface area (Å²) in [7, 11) is 0. The van der Waals surface area contributed by atoms with Crippen LogP contribution in [0.15, 0.2) is 0 Å². The third-order valence-electron chi connectivity index (χ3n) is 1.54. The van der Waals surface area contributed by atoms with Gasteiger partial charge in [0.05, 0.1) is 13.1 Å². The van der Waals surface area contributed by atoms with E-state index in [0.29, 0.717) is 0 Å². The van der Waals surface area contributed by atoms with Crippen LogP contribution in [0.5, 0.6) is 0 Å². The molecule has 0 atom stereocenters. The molecule has 1 nitrogen and oxygen atoms in total. The van der Waals surface area contributed by atoms with Crippen LogP contribution in [0.4, 0.5) is 8.78 Å². The van der Waals surface area contributed by atoms with Crippen molar-refractivity contribution in [1.29, 1.82) is 0 Å². The second-order valence-corrected chi connectivity index (χ2v) is 3.09. The number of hydrogen-bond donors (Lipinski definition) is 1. The van der Waals surface area contributed by atoms with Crippen LogP contribution in [0, 0.1) is 0 Å². The first-order valence-corrected chi connectivity index (χ1v) is 3.98. The van der Waals surface area contributed by atoms with E-state index < -0.39 is 5.92 Å². The van der Waals surface area contributed by atoms with Crippen molar-refractivity contribution in [3.63, 3.8) is 0 Å². The van der Waals surface area contributed by atoms with Gasteiger partial charge in [-0.25, -0.2) is 8.78 Å². The third kappa shape index (κ3) is 2.09. The molecule has 1 aliphatic heterocycles. The molecule has 0 aromatic carbocycles. The highest BCUT2D eigenvalue weighted by atomic mass is 32.1. The number of halogens is 2. The van der Waals surface area contributed by atoms with E-state index in [0.717, 1.165) is 18.7 Å². The number of thiol groups is 1. The summed E-state index contributed by atoms with van der Waals surface area (Å²) in [6.45, 7) is 0.653. The van der Waals surface area contributed by atoms with Gasteiger partial charge in [-0.1, -0.05) is 0 Å². The summed E-state index contributed by atoms with van der Waals surface area (Å²) in [4.78, 5) is 1.75. The van der Waals surface area contributed by atoms with Gasteiger partial charge in [0.25, 0.3) is 5.92 Å². The minimum atomic E-state index is -2.41. The van der Waals surface area contributed by atoms with Gasteiger partial charge < -0.3 is 0 Å². The van der Waals surface area contributed by atoms with Crippen LogP contribution in [0.1, 0.15) is 6.42 Å². The van der Waals surface area contributed by atoms with E-state index in [-0.39, 0.29) is 13.1 Å². The van der Waals surface area contributed by atoms with Gasteiger partial charge in [-0.2, -0.15) is 12.6 Å². The third-order valence-corrected chi connectivity index (χ3v) is 1.86. The highest BCUT2D eigenvalue weighted by molar-refractivity contribution is 7.80. The Bertz CT molecular complexity index is 110. The van der Waals surface area contributed by atoms with Gasteiger partial charge in [0, 0.05) is 0 Å². The monoisotopic (exact) mass is 167 g/mol. The number of alkyl halides is 2. The fraction of sp³-hybridized carbons (Fsp3) is 1.00. The summed E-state index contributed by atoms with van der Waals surface area (Å²) in [5.41, 5.74) is 0. The molecule has 60 valence electrons. The van der Waals surface area contributed by atoms with E-state index in [1.54, 1.807) is 4.90 Å². The Morgan fingerprint density at radius 2 is 2.00 bits per heavy atom. The SMILES string of the molecule is FC1(F)CN(CCCS)C1. The molecule has 0 bridgehead atoms. The van der Waals surface area contributed by atoms with E-state index in [1.165, 1.54) is 0 Å². The lowest BCUT2D eigenvalue weighted by Gasteiger charge is -2.38. The molecular weight excluding hydrogens is 156 g/mol. The van der Waals surface area contributed by atoms with Gasteiger partial charge in [-0.05, 0) is 18.7 Å². The Kier molecular flexibility index (Phi) is 2.52. The standard InChI is InChI=1S/C6H11F2NS/c7-6(8)4-9(5-6)2-1-3-10/h10H,1-5H2. The highest BCUT2D eigenvalue weighted by Gasteiger charge is 2.42. The maximum Gasteiger partial charge on any atom is 0.272 e. The first-order valence-electron chi connectivity index (χ1n) is 3.35. The van der Waals surface area contributed by atoms with Crippen LogP contribution in [-0.2, 0) is 0 Å². The maximum atomic E-state index is 12.2. The molecule has 0 amide bonds. The van der Waals surface area contributed by atoms with Crippen molar-refractivity contribution in [2.45, 2.75) is 12.3 Å². The lowest BCUT2D eigenvalue weighted by molar-refractivity contribution is -0.129. The molecule has 0 aliphatic carbocycles. The fourth-order valence-corrected chi connectivity index (χ4v) is 1.20. The quantitative estimate of drug-likeness (QED) is 0.619. The van der Waals surface area contributed by atoms with Gasteiger partial charge in [-0.3, -0.25) is 4.90 Å². The zero-order chi connectivity index (χ0) is 7.61. The summed E-state index contributed by atoms with van der Waals surface area (Å²) in [5, 5.41) is 0. The van der Waals surface area contributed by atoms with Crippen molar-refractivity contribution in [2.75, 3.05) is 25.4 Å². The molecule has 0 unspecified atom stereocenters. The number of hydrogen-bond acceptors (Lipinski definition) is 2. The first kappa shape index (κ1) is 8.27. The molecule has 0 saturated carbocycles. The predicted octanol–water partition coefficient (Wildman–Crippen LogP) is 1.26. The predicted molar refractivity (Wildman–Crippen MR) is 39.9 cm³/mol. The average molecular weight is 167 g/mol. The molecule has 4 heteroatoms. The average Bonchev–Trinajstić information content (AvgIpc) is 1.78. The largest absolute Gasteiger partial charge is 0.291 e. The van der Waals surface area contributed by atoms with Gasteiger partial charge in [-0.15, -0.1) is 0 Å². The summed E-state index contributed by atoms with van der Waals surface area (Å²) in [5.74, 6) is -1.63. The number of rotatable bonds is 3. The number of nitrogens with zero attached hydrogens (tertiary/aromatic N) is 1. The molecule has 0 radical (unpaired) electrons. The fourth-order valence-electron chi connectivity index (χ4n) is 1.06. The molecule has 0 spiro atoms. The van der Waals surface area contributed by atoms with Crippen molar-refractivity contribution in [3.8, 4) is 0 Å². The molecule has 1 heterocycles. The molecule has 0 aromatic rings. The van der Waals surface area contributed by atoms with Gasteiger partial charge >= 0.3 is 0 Å². The molecular formula is C6H11F2NS. The Labute approximate surface area is 64.8 Å². The van der Waals surface area contributed by atoms with E-state index in [1.807, 2.05) is 0 Å². The first-order chi connectivity index (χ1) is 4.64. The van der Waals surface area contributed by atoms with Crippen LogP contribution < -0.4 is 0 Å². The van der Waals surface area contributed by atoms with E-state index >= 15 is 0 Å². The zero-order valence-electron chi connectivity index (χ0n) is 5.69.